The third kappa shape index (κ3) is 3.66. The fourth-order valence-electron chi connectivity index (χ4n) is 2.08. The van der Waals surface area contributed by atoms with E-state index >= 15 is 0 Å². The highest BCUT2D eigenvalue weighted by Gasteiger charge is 2.27. The van der Waals surface area contributed by atoms with Gasteiger partial charge in [-0.1, -0.05) is 13.8 Å². The molecule has 1 aromatic rings. The number of hydrogen-bond donors (Lipinski definition) is 3. The van der Waals surface area contributed by atoms with Gasteiger partial charge in [-0.3, -0.25) is 9.59 Å². The van der Waals surface area contributed by atoms with Crippen LogP contribution in [0.15, 0.2) is 0 Å². The van der Waals surface area contributed by atoms with Gasteiger partial charge in [0.2, 0.25) is 0 Å². The molecule has 0 aliphatic carbocycles. The molecule has 0 spiro atoms. The molecule has 7 heteroatoms. The number of nitrogens with one attached hydrogen (secondary N) is 2. The predicted molar refractivity (Wildman–Crippen MR) is 88.2 cm³/mol. The SMILES string of the molecule is CCN(CC(C)C)c1sc(C(=O)NC)c(N)c1C(=O)NC. The first-order valence-electron chi connectivity index (χ1n) is 6.98. The first kappa shape index (κ1) is 17.3. The van der Waals surface area contributed by atoms with Gasteiger partial charge >= 0.3 is 0 Å². The Kier molecular flexibility index (Phi) is 6.02. The van der Waals surface area contributed by atoms with Gasteiger partial charge in [-0.25, -0.2) is 0 Å². The van der Waals surface area contributed by atoms with Crippen LogP contribution in [0.3, 0.4) is 0 Å². The number of carbonyl (C=O) groups excluding carboxylic acids is 2. The monoisotopic (exact) mass is 312 g/mol. The van der Waals surface area contributed by atoms with E-state index in [9.17, 15) is 9.59 Å². The van der Waals surface area contributed by atoms with Gasteiger partial charge in [0.05, 0.1) is 11.3 Å². The number of hydrogen-bond acceptors (Lipinski definition) is 5. The second-order valence-electron chi connectivity index (χ2n) is 5.12. The molecule has 0 atom stereocenters. The zero-order valence-corrected chi connectivity index (χ0v) is 14.1. The van der Waals surface area contributed by atoms with E-state index in [0.29, 0.717) is 16.4 Å². The highest BCUT2D eigenvalue weighted by Crippen LogP contribution is 2.38. The Hall–Kier alpha value is -1.76. The van der Waals surface area contributed by atoms with Crippen molar-refractivity contribution in [1.82, 2.24) is 10.6 Å². The maximum Gasteiger partial charge on any atom is 0.263 e. The number of thiophene rings is 1. The van der Waals surface area contributed by atoms with Crippen LogP contribution >= 0.6 is 11.3 Å². The molecule has 0 aromatic carbocycles. The summed E-state index contributed by atoms with van der Waals surface area (Å²) in [6.45, 7) is 7.78. The zero-order chi connectivity index (χ0) is 16.2. The zero-order valence-electron chi connectivity index (χ0n) is 13.2. The summed E-state index contributed by atoms with van der Waals surface area (Å²) in [7, 11) is 3.11. The maximum atomic E-state index is 12.1. The molecule has 21 heavy (non-hydrogen) atoms. The van der Waals surface area contributed by atoms with Crippen molar-refractivity contribution in [3.63, 3.8) is 0 Å². The standard InChI is InChI=1S/C14H24N4O2S/c1-6-18(7-8(2)3)14-9(12(19)16-4)10(15)11(21-14)13(20)17-5/h8H,6-7,15H2,1-5H3,(H,16,19)(H,17,20). The molecule has 0 aliphatic heterocycles. The Morgan fingerprint density at radius 1 is 1.24 bits per heavy atom. The lowest BCUT2D eigenvalue weighted by atomic mass is 10.1. The topological polar surface area (TPSA) is 87.5 Å². The van der Waals surface area contributed by atoms with Gasteiger partial charge in [0.1, 0.15) is 9.88 Å². The summed E-state index contributed by atoms with van der Waals surface area (Å²) >= 11 is 1.27. The van der Waals surface area contributed by atoms with E-state index in [-0.39, 0.29) is 17.5 Å². The van der Waals surface area contributed by atoms with Gasteiger partial charge in [-0.05, 0) is 12.8 Å². The Balaban J connectivity index is 3.40. The minimum absolute atomic E-state index is 0.246. The summed E-state index contributed by atoms with van der Waals surface area (Å²) in [6.07, 6.45) is 0. The highest BCUT2D eigenvalue weighted by atomic mass is 32.1. The van der Waals surface area contributed by atoms with Crippen molar-refractivity contribution < 1.29 is 9.59 Å². The molecule has 6 nitrogen and oxygen atoms in total. The Labute approximate surface area is 129 Å². The molecule has 0 unspecified atom stereocenters. The van der Waals surface area contributed by atoms with Crippen LogP contribution < -0.4 is 21.3 Å². The van der Waals surface area contributed by atoms with Crippen molar-refractivity contribution in [2.45, 2.75) is 20.8 Å². The van der Waals surface area contributed by atoms with Gasteiger partial charge in [-0.15, -0.1) is 11.3 Å². The lowest BCUT2D eigenvalue weighted by Crippen LogP contribution is -2.29. The fraction of sp³-hybridized carbons (Fsp3) is 0.571. The highest BCUT2D eigenvalue weighted by molar-refractivity contribution is 7.19. The molecule has 0 aliphatic rings. The number of rotatable bonds is 6. The van der Waals surface area contributed by atoms with Crippen LogP contribution in [0.1, 0.15) is 40.8 Å². The average Bonchev–Trinajstić information content (AvgIpc) is 2.80. The predicted octanol–water partition coefficient (Wildman–Crippen LogP) is 1.53. The molecule has 0 fully saturated rings. The molecule has 0 bridgehead atoms. The molecular weight excluding hydrogens is 288 g/mol. The van der Waals surface area contributed by atoms with E-state index in [1.807, 2.05) is 6.92 Å². The van der Waals surface area contributed by atoms with Crippen LogP contribution in [-0.2, 0) is 0 Å². The van der Waals surface area contributed by atoms with E-state index in [4.69, 9.17) is 5.73 Å². The van der Waals surface area contributed by atoms with Crippen molar-refractivity contribution >= 4 is 33.8 Å². The normalized spacial score (nSPS) is 10.6. The summed E-state index contributed by atoms with van der Waals surface area (Å²) in [5.74, 6) is -0.0973. The largest absolute Gasteiger partial charge is 0.397 e. The summed E-state index contributed by atoms with van der Waals surface area (Å²) in [5, 5.41) is 5.90. The van der Waals surface area contributed by atoms with Crippen LogP contribution in [0.4, 0.5) is 10.7 Å². The van der Waals surface area contributed by atoms with Gasteiger partial charge in [0.25, 0.3) is 11.8 Å². The molecule has 0 saturated carbocycles. The number of carbonyl (C=O) groups is 2. The van der Waals surface area contributed by atoms with Crippen LogP contribution in [0.2, 0.25) is 0 Å². The first-order chi connectivity index (χ1) is 9.87. The minimum atomic E-state index is -0.269. The molecule has 1 aromatic heterocycles. The van der Waals surface area contributed by atoms with E-state index in [1.54, 1.807) is 14.1 Å². The number of nitrogen functional groups attached to an aromatic ring is 1. The second-order valence-corrected chi connectivity index (χ2v) is 6.11. The molecule has 118 valence electrons. The Morgan fingerprint density at radius 3 is 2.24 bits per heavy atom. The van der Waals surface area contributed by atoms with Crippen LogP contribution in [-0.4, -0.2) is 39.0 Å². The quantitative estimate of drug-likeness (QED) is 0.743. The van der Waals surface area contributed by atoms with Gasteiger partial charge < -0.3 is 21.3 Å². The van der Waals surface area contributed by atoms with Crippen LogP contribution in [0.5, 0.6) is 0 Å². The average molecular weight is 312 g/mol. The lowest BCUT2D eigenvalue weighted by Gasteiger charge is -2.24. The second kappa shape index (κ2) is 7.31. The summed E-state index contributed by atoms with van der Waals surface area (Å²) < 4.78 is 0. The first-order valence-corrected chi connectivity index (χ1v) is 7.80. The van der Waals surface area contributed by atoms with E-state index in [1.165, 1.54) is 11.3 Å². The third-order valence-electron chi connectivity index (χ3n) is 3.07. The van der Waals surface area contributed by atoms with Crippen molar-refractivity contribution in [2.24, 2.45) is 5.92 Å². The molecule has 0 saturated heterocycles. The van der Waals surface area contributed by atoms with Crippen molar-refractivity contribution in [1.29, 1.82) is 0 Å². The van der Waals surface area contributed by atoms with Crippen molar-refractivity contribution in [2.75, 3.05) is 37.8 Å². The van der Waals surface area contributed by atoms with Crippen LogP contribution in [0.25, 0.3) is 0 Å². The Bertz CT molecular complexity index is 525. The molecule has 0 radical (unpaired) electrons. The summed E-state index contributed by atoms with van der Waals surface area (Å²) in [5.41, 5.74) is 6.68. The smallest absolute Gasteiger partial charge is 0.263 e. The minimum Gasteiger partial charge on any atom is -0.397 e. The van der Waals surface area contributed by atoms with Crippen molar-refractivity contribution in [3.05, 3.63) is 10.4 Å². The Morgan fingerprint density at radius 2 is 1.81 bits per heavy atom. The number of anilines is 2. The number of amides is 2. The lowest BCUT2D eigenvalue weighted by molar-refractivity contribution is 0.0963. The molecule has 4 N–H and O–H groups in total. The third-order valence-corrected chi connectivity index (χ3v) is 4.33. The van der Waals surface area contributed by atoms with E-state index < -0.39 is 0 Å². The van der Waals surface area contributed by atoms with Gasteiger partial charge in [0, 0.05) is 27.2 Å². The molecule has 1 heterocycles. The fourth-order valence-corrected chi connectivity index (χ4v) is 3.31. The van der Waals surface area contributed by atoms with E-state index in [2.05, 4.69) is 29.4 Å². The number of nitrogens with zero attached hydrogens (tertiary/aromatic N) is 1. The van der Waals surface area contributed by atoms with Gasteiger partial charge in [-0.2, -0.15) is 0 Å². The molecular formula is C14H24N4O2S. The molecule has 1 rings (SSSR count). The molecule has 2 amide bonds. The summed E-state index contributed by atoms with van der Waals surface area (Å²) in [6, 6.07) is 0. The van der Waals surface area contributed by atoms with E-state index in [0.717, 1.165) is 18.1 Å². The maximum absolute atomic E-state index is 12.1. The van der Waals surface area contributed by atoms with Gasteiger partial charge in [0.15, 0.2) is 0 Å². The van der Waals surface area contributed by atoms with Crippen molar-refractivity contribution in [3.8, 4) is 0 Å². The summed E-state index contributed by atoms with van der Waals surface area (Å²) in [4.78, 5) is 26.5. The number of nitrogens with two attached hydrogens (primary N) is 1. The van der Waals surface area contributed by atoms with Crippen LogP contribution in [0, 0.1) is 5.92 Å².